The molecule has 0 radical (unpaired) electrons. The molecule has 0 amide bonds. The molecule has 12 heavy (non-hydrogen) atoms. The first kappa shape index (κ1) is 9.46. The lowest BCUT2D eigenvalue weighted by molar-refractivity contribution is 0.317. The van der Waals surface area contributed by atoms with Gasteiger partial charge in [-0.15, -0.1) is 12.6 Å². The Labute approximate surface area is 79.2 Å². The largest absolute Gasteiger partial charge is 0.494 e. The molecule has 1 rings (SSSR count). The fraction of sp³-hybridized carbons (Fsp3) is 0.400. The van der Waals surface area contributed by atoms with Crippen LogP contribution in [-0.2, 0) is 0 Å². The van der Waals surface area contributed by atoms with E-state index in [2.05, 4.69) is 19.6 Å². The second kappa shape index (κ2) is 4.41. The van der Waals surface area contributed by atoms with Gasteiger partial charge in [-0.05, 0) is 37.1 Å². The molecule has 0 saturated heterocycles. The third kappa shape index (κ3) is 2.45. The van der Waals surface area contributed by atoms with Crippen LogP contribution in [0.15, 0.2) is 23.1 Å². The first-order chi connectivity index (χ1) is 5.74. The zero-order valence-corrected chi connectivity index (χ0v) is 8.40. The van der Waals surface area contributed by atoms with Crippen LogP contribution in [0.1, 0.15) is 18.9 Å². The molecule has 0 bridgehead atoms. The smallest absolute Gasteiger partial charge is 0.119 e. The Morgan fingerprint density at radius 3 is 2.75 bits per heavy atom. The van der Waals surface area contributed by atoms with Gasteiger partial charge in [-0.1, -0.05) is 6.92 Å². The molecular formula is C10H14OS. The Morgan fingerprint density at radius 2 is 2.17 bits per heavy atom. The fourth-order valence-electron chi connectivity index (χ4n) is 0.938. The van der Waals surface area contributed by atoms with E-state index < -0.39 is 0 Å². The molecule has 0 aromatic heterocycles. The van der Waals surface area contributed by atoms with Gasteiger partial charge in [0.25, 0.3) is 0 Å². The van der Waals surface area contributed by atoms with Gasteiger partial charge in [-0.2, -0.15) is 0 Å². The molecule has 0 N–H and O–H groups in total. The predicted octanol–water partition coefficient (Wildman–Crippen LogP) is 3.07. The van der Waals surface area contributed by atoms with Crippen LogP contribution in [0.5, 0.6) is 5.75 Å². The van der Waals surface area contributed by atoms with E-state index in [1.54, 1.807) is 0 Å². The summed E-state index contributed by atoms with van der Waals surface area (Å²) in [5, 5.41) is 0. The molecule has 0 saturated carbocycles. The van der Waals surface area contributed by atoms with Gasteiger partial charge in [-0.3, -0.25) is 0 Å². The lowest BCUT2D eigenvalue weighted by Crippen LogP contribution is -1.94. The van der Waals surface area contributed by atoms with Crippen molar-refractivity contribution in [3.8, 4) is 5.75 Å². The highest BCUT2D eigenvalue weighted by Gasteiger charge is 1.96. The van der Waals surface area contributed by atoms with Crippen molar-refractivity contribution in [2.24, 2.45) is 0 Å². The SMILES string of the molecule is CCCOc1ccc(S)c(C)c1. The molecule has 0 spiro atoms. The summed E-state index contributed by atoms with van der Waals surface area (Å²) in [6.07, 6.45) is 1.04. The van der Waals surface area contributed by atoms with Gasteiger partial charge >= 0.3 is 0 Å². The molecular weight excluding hydrogens is 168 g/mol. The number of ether oxygens (including phenoxy) is 1. The highest BCUT2D eigenvalue weighted by Crippen LogP contribution is 2.19. The van der Waals surface area contributed by atoms with Crippen LogP contribution < -0.4 is 4.74 Å². The minimum absolute atomic E-state index is 0.783. The van der Waals surface area contributed by atoms with Crippen molar-refractivity contribution in [2.45, 2.75) is 25.2 Å². The van der Waals surface area contributed by atoms with E-state index in [1.807, 2.05) is 25.1 Å². The first-order valence-electron chi connectivity index (χ1n) is 4.16. The van der Waals surface area contributed by atoms with Crippen LogP contribution in [0.4, 0.5) is 0 Å². The van der Waals surface area contributed by atoms with Gasteiger partial charge in [0.15, 0.2) is 0 Å². The minimum Gasteiger partial charge on any atom is -0.494 e. The topological polar surface area (TPSA) is 9.23 Å². The molecule has 0 aliphatic rings. The van der Waals surface area contributed by atoms with E-state index in [4.69, 9.17) is 4.74 Å². The van der Waals surface area contributed by atoms with Gasteiger partial charge in [-0.25, -0.2) is 0 Å². The van der Waals surface area contributed by atoms with Gasteiger partial charge in [0.1, 0.15) is 5.75 Å². The van der Waals surface area contributed by atoms with Crippen molar-refractivity contribution in [2.75, 3.05) is 6.61 Å². The summed E-state index contributed by atoms with van der Waals surface area (Å²) < 4.78 is 5.46. The summed E-state index contributed by atoms with van der Waals surface area (Å²) in [5.41, 5.74) is 1.16. The van der Waals surface area contributed by atoms with Gasteiger partial charge < -0.3 is 4.74 Å². The molecule has 0 fully saturated rings. The Morgan fingerprint density at radius 1 is 1.42 bits per heavy atom. The normalized spacial score (nSPS) is 9.92. The van der Waals surface area contributed by atoms with Crippen LogP contribution >= 0.6 is 12.6 Å². The van der Waals surface area contributed by atoms with E-state index in [-0.39, 0.29) is 0 Å². The molecule has 0 heterocycles. The van der Waals surface area contributed by atoms with Gasteiger partial charge in [0.05, 0.1) is 6.61 Å². The molecule has 1 nitrogen and oxygen atoms in total. The van der Waals surface area contributed by atoms with Crippen molar-refractivity contribution in [1.82, 2.24) is 0 Å². The molecule has 66 valence electrons. The average molecular weight is 182 g/mol. The second-order valence-electron chi connectivity index (χ2n) is 2.80. The maximum Gasteiger partial charge on any atom is 0.119 e. The zero-order chi connectivity index (χ0) is 8.97. The molecule has 1 aromatic rings. The van der Waals surface area contributed by atoms with Crippen LogP contribution in [0.2, 0.25) is 0 Å². The highest BCUT2D eigenvalue weighted by molar-refractivity contribution is 7.80. The summed E-state index contributed by atoms with van der Waals surface area (Å²) in [6.45, 7) is 4.91. The Hall–Kier alpha value is -0.630. The van der Waals surface area contributed by atoms with Gasteiger partial charge in [0, 0.05) is 4.90 Å². The maximum atomic E-state index is 5.46. The lowest BCUT2D eigenvalue weighted by Gasteiger charge is -2.05. The molecule has 0 aliphatic carbocycles. The quantitative estimate of drug-likeness (QED) is 0.707. The summed E-state index contributed by atoms with van der Waals surface area (Å²) in [7, 11) is 0. The Kier molecular flexibility index (Phi) is 3.48. The molecule has 0 aliphatic heterocycles. The van der Waals surface area contributed by atoms with Crippen LogP contribution in [0, 0.1) is 6.92 Å². The summed E-state index contributed by atoms with van der Waals surface area (Å²) in [5.74, 6) is 0.937. The first-order valence-corrected chi connectivity index (χ1v) is 4.61. The Bertz CT molecular complexity index is 258. The monoisotopic (exact) mass is 182 g/mol. The molecule has 0 unspecified atom stereocenters. The third-order valence-corrected chi connectivity index (χ3v) is 2.14. The molecule has 2 heteroatoms. The summed E-state index contributed by atoms with van der Waals surface area (Å²) in [4.78, 5) is 1.01. The maximum absolute atomic E-state index is 5.46. The van der Waals surface area contributed by atoms with Gasteiger partial charge in [0.2, 0.25) is 0 Å². The number of hydrogen-bond acceptors (Lipinski definition) is 2. The fourth-order valence-corrected chi connectivity index (χ4v) is 1.08. The molecule has 1 aromatic carbocycles. The lowest BCUT2D eigenvalue weighted by atomic mass is 10.2. The zero-order valence-electron chi connectivity index (χ0n) is 7.50. The van der Waals surface area contributed by atoms with Crippen molar-refractivity contribution >= 4 is 12.6 Å². The number of thiol groups is 1. The van der Waals surface area contributed by atoms with Crippen molar-refractivity contribution in [3.05, 3.63) is 23.8 Å². The van der Waals surface area contributed by atoms with E-state index in [0.717, 1.165) is 29.2 Å². The number of rotatable bonds is 3. The Balaban J connectivity index is 2.69. The number of hydrogen-bond donors (Lipinski definition) is 1. The minimum atomic E-state index is 0.783. The van der Waals surface area contributed by atoms with Crippen LogP contribution in [0.25, 0.3) is 0 Å². The van der Waals surface area contributed by atoms with E-state index in [9.17, 15) is 0 Å². The number of benzene rings is 1. The van der Waals surface area contributed by atoms with Crippen molar-refractivity contribution in [1.29, 1.82) is 0 Å². The predicted molar refractivity (Wildman–Crippen MR) is 54.2 cm³/mol. The third-order valence-electron chi connectivity index (χ3n) is 1.64. The van der Waals surface area contributed by atoms with E-state index >= 15 is 0 Å². The van der Waals surface area contributed by atoms with Crippen LogP contribution in [-0.4, -0.2) is 6.61 Å². The summed E-state index contributed by atoms with van der Waals surface area (Å²) in [6, 6.07) is 5.92. The van der Waals surface area contributed by atoms with Crippen LogP contribution in [0.3, 0.4) is 0 Å². The van der Waals surface area contributed by atoms with E-state index in [0.29, 0.717) is 0 Å². The van der Waals surface area contributed by atoms with Crippen molar-refractivity contribution < 1.29 is 4.74 Å². The standard InChI is InChI=1S/C10H14OS/c1-3-6-11-9-4-5-10(12)8(2)7-9/h4-5,7,12H,3,6H2,1-2H3. The van der Waals surface area contributed by atoms with Crippen molar-refractivity contribution in [3.63, 3.8) is 0 Å². The van der Waals surface area contributed by atoms with E-state index in [1.165, 1.54) is 0 Å². The average Bonchev–Trinajstić information content (AvgIpc) is 2.07. The highest BCUT2D eigenvalue weighted by atomic mass is 32.1. The number of aryl methyl sites for hydroxylation is 1. The second-order valence-corrected chi connectivity index (χ2v) is 3.28. The molecule has 0 atom stereocenters. The summed E-state index contributed by atoms with van der Waals surface area (Å²) >= 11 is 4.28.